The van der Waals surface area contributed by atoms with Crippen LogP contribution in [0.15, 0.2) is 66.7 Å². The van der Waals surface area contributed by atoms with Crippen LogP contribution in [0.1, 0.15) is 41.1 Å². The van der Waals surface area contributed by atoms with Crippen LogP contribution < -0.4 is 4.74 Å². The van der Waals surface area contributed by atoms with E-state index in [1.54, 1.807) is 0 Å². The molecule has 0 bridgehead atoms. The highest BCUT2D eigenvalue weighted by Crippen LogP contribution is 2.31. The third kappa shape index (κ3) is 4.62. The largest absolute Gasteiger partial charge is 0.493 e. The molecule has 4 rings (SSSR count). The lowest BCUT2D eigenvalue weighted by Gasteiger charge is -2.32. The Morgan fingerprint density at radius 1 is 0.933 bits per heavy atom. The zero-order valence-corrected chi connectivity index (χ0v) is 16.8. The van der Waals surface area contributed by atoms with Gasteiger partial charge in [-0.3, -0.25) is 9.59 Å². The Kier molecular flexibility index (Phi) is 5.98. The van der Waals surface area contributed by atoms with Crippen LogP contribution in [0.5, 0.6) is 5.75 Å². The van der Waals surface area contributed by atoms with Gasteiger partial charge in [-0.1, -0.05) is 42.5 Å². The zero-order valence-electron chi connectivity index (χ0n) is 16.8. The Hall–Kier alpha value is -3.34. The van der Waals surface area contributed by atoms with Crippen molar-refractivity contribution in [3.63, 3.8) is 0 Å². The van der Waals surface area contributed by atoms with Crippen molar-refractivity contribution in [2.75, 3.05) is 19.7 Å². The number of carboxylic acid groups (broad SMARTS) is 1. The number of hydrogen-bond donors (Lipinski definition) is 1. The van der Waals surface area contributed by atoms with E-state index in [0.29, 0.717) is 11.7 Å². The van der Waals surface area contributed by atoms with Gasteiger partial charge in [0.05, 0.1) is 13.0 Å². The Bertz CT molecular complexity index is 1050. The summed E-state index contributed by atoms with van der Waals surface area (Å²) in [5.41, 5.74) is 1.92. The summed E-state index contributed by atoms with van der Waals surface area (Å²) in [5.74, 6) is 0.289. The van der Waals surface area contributed by atoms with E-state index < -0.39 is 5.97 Å². The van der Waals surface area contributed by atoms with Crippen molar-refractivity contribution in [2.45, 2.75) is 25.2 Å². The van der Waals surface area contributed by atoms with E-state index in [0.717, 1.165) is 42.3 Å². The van der Waals surface area contributed by atoms with E-state index >= 15 is 0 Å². The first-order valence-electron chi connectivity index (χ1n) is 10.3. The maximum Gasteiger partial charge on any atom is 0.306 e. The predicted molar refractivity (Wildman–Crippen MR) is 116 cm³/mol. The summed E-state index contributed by atoms with van der Waals surface area (Å²) in [7, 11) is 0. The van der Waals surface area contributed by atoms with Crippen molar-refractivity contribution in [3.8, 4) is 5.75 Å². The molecule has 1 saturated heterocycles. The second kappa shape index (κ2) is 8.99. The van der Waals surface area contributed by atoms with Gasteiger partial charge in [0.25, 0.3) is 5.91 Å². The molecular formula is C25H25NO4. The van der Waals surface area contributed by atoms with Gasteiger partial charge in [-0.15, -0.1) is 0 Å². The standard InChI is InChI=1S/C25H25NO4/c27-24(28)12-15-30-23-7-3-6-21(17-23)19-10-13-26(14-11-19)25(29)22-9-8-18-4-1-2-5-20(18)16-22/h1-9,16-17,19H,10-15H2,(H,27,28). The van der Waals surface area contributed by atoms with Crippen LogP contribution in [0.3, 0.4) is 0 Å². The average Bonchev–Trinajstić information content (AvgIpc) is 2.78. The normalized spacial score (nSPS) is 14.6. The first-order chi connectivity index (χ1) is 14.6. The monoisotopic (exact) mass is 403 g/mol. The molecule has 0 atom stereocenters. The third-order valence-electron chi connectivity index (χ3n) is 5.69. The van der Waals surface area contributed by atoms with Crippen molar-refractivity contribution >= 4 is 22.6 Å². The van der Waals surface area contributed by atoms with E-state index in [9.17, 15) is 9.59 Å². The van der Waals surface area contributed by atoms with Crippen LogP contribution in [-0.2, 0) is 4.79 Å². The number of carbonyl (C=O) groups is 2. The zero-order chi connectivity index (χ0) is 20.9. The highest BCUT2D eigenvalue weighted by molar-refractivity contribution is 5.98. The molecular weight excluding hydrogens is 378 g/mol. The number of aliphatic carboxylic acids is 1. The summed E-state index contributed by atoms with van der Waals surface area (Å²) in [5, 5.41) is 11.0. The molecule has 0 saturated carbocycles. The molecule has 1 aliphatic rings. The number of amides is 1. The number of carbonyl (C=O) groups excluding carboxylic acids is 1. The fourth-order valence-electron chi connectivity index (χ4n) is 4.04. The van der Waals surface area contributed by atoms with Crippen LogP contribution in [-0.4, -0.2) is 41.6 Å². The van der Waals surface area contributed by atoms with Gasteiger partial charge in [0, 0.05) is 18.7 Å². The molecule has 154 valence electrons. The fourth-order valence-corrected chi connectivity index (χ4v) is 4.04. The van der Waals surface area contributed by atoms with E-state index in [4.69, 9.17) is 9.84 Å². The van der Waals surface area contributed by atoms with Gasteiger partial charge in [0.1, 0.15) is 5.75 Å². The Balaban J connectivity index is 1.37. The van der Waals surface area contributed by atoms with E-state index in [-0.39, 0.29) is 18.9 Å². The van der Waals surface area contributed by atoms with Crippen molar-refractivity contribution in [1.29, 1.82) is 0 Å². The summed E-state index contributed by atoms with van der Waals surface area (Å²) in [6.45, 7) is 1.61. The number of nitrogens with zero attached hydrogens (tertiary/aromatic N) is 1. The fraction of sp³-hybridized carbons (Fsp3) is 0.280. The van der Waals surface area contributed by atoms with Crippen LogP contribution in [0.2, 0.25) is 0 Å². The van der Waals surface area contributed by atoms with Crippen LogP contribution in [0.25, 0.3) is 10.8 Å². The summed E-state index contributed by atoms with van der Waals surface area (Å²) in [6.07, 6.45) is 1.79. The van der Waals surface area contributed by atoms with Crippen molar-refractivity contribution in [1.82, 2.24) is 4.90 Å². The van der Waals surface area contributed by atoms with E-state index in [2.05, 4.69) is 12.1 Å². The first-order valence-corrected chi connectivity index (χ1v) is 10.3. The molecule has 1 aliphatic heterocycles. The van der Waals surface area contributed by atoms with Gasteiger partial charge in [-0.25, -0.2) is 0 Å². The predicted octanol–water partition coefficient (Wildman–Crippen LogP) is 4.71. The second-order valence-electron chi connectivity index (χ2n) is 7.69. The Morgan fingerprint density at radius 2 is 1.70 bits per heavy atom. The van der Waals surface area contributed by atoms with Crippen LogP contribution >= 0.6 is 0 Å². The molecule has 3 aromatic carbocycles. The number of hydrogen-bond acceptors (Lipinski definition) is 3. The highest BCUT2D eigenvalue weighted by Gasteiger charge is 2.25. The minimum absolute atomic E-state index is 0.0144. The number of piperidine rings is 1. The topological polar surface area (TPSA) is 66.8 Å². The molecule has 1 N–H and O–H groups in total. The van der Waals surface area contributed by atoms with Gasteiger partial charge < -0.3 is 14.7 Å². The highest BCUT2D eigenvalue weighted by atomic mass is 16.5. The summed E-state index contributed by atoms with van der Waals surface area (Å²) in [4.78, 5) is 25.6. The third-order valence-corrected chi connectivity index (χ3v) is 5.69. The molecule has 3 aromatic rings. The molecule has 0 aliphatic carbocycles. The van der Waals surface area contributed by atoms with Crippen molar-refractivity contribution in [2.24, 2.45) is 0 Å². The maximum absolute atomic E-state index is 13.0. The van der Waals surface area contributed by atoms with Crippen LogP contribution in [0, 0.1) is 0 Å². The summed E-state index contributed by atoms with van der Waals surface area (Å²) in [6, 6.07) is 21.8. The van der Waals surface area contributed by atoms with Gasteiger partial charge in [-0.2, -0.15) is 0 Å². The number of rotatable bonds is 6. The lowest BCUT2D eigenvalue weighted by molar-refractivity contribution is -0.137. The molecule has 1 amide bonds. The number of fused-ring (bicyclic) bond motifs is 1. The SMILES string of the molecule is O=C(O)CCOc1cccc(C2CCN(C(=O)c3ccc4ccccc4c3)CC2)c1. The molecule has 1 heterocycles. The Labute approximate surface area is 175 Å². The molecule has 5 nitrogen and oxygen atoms in total. The minimum Gasteiger partial charge on any atom is -0.493 e. The van der Waals surface area contributed by atoms with E-state index in [1.807, 2.05) is 59.5 Å². The number of likely N-dealkylation sites (tertiary alicyclic amines) is 1. The van der Waals surface area contributed by atoms with Crippen molar-refractivity contribution in [3.05, 3.63) is 77.9 Å². The lowest BCUT2D eigenvalue weighted by Crippen LogP contribution is -2.37. The second-order valence-corrected chi connectivity index (χ2v) is 7.69. The number of benzene rings is 3. The summed E-state index contributed by atoms with van der Waals surface area (Å²) < 4.78 is 5.56. The van der Waals surface area contributed by atoms with Gasteiger partial charge in [0.15, 0.2) is 0 Å². The quantitative estimate of drug-likeness (QED) is 0.647. The summed E-state index contributed by atoms with van der Waals surface area (Å²) >= 11 is 0. The van der Waals surface area contributed by atoms with Crippen LogP contribution in [0.4, 0.5) is 0 Å². The molecule has 1 fully saturated rings. The average molecular weight is 403 g/mol. The molecule has 0 spiro atoms. The van der Waals surface area contributed by atoms with Crippen molar-refractivity contribution < 1.29 is 19.4 Å². The lowest BCUT2D eigenvalue weighted by atomic mass is 9.89. The van der Waals surface area contributed by atoms with Gasteiger partial charge in [0.2, 0.25) is 0 Å². The smallest absolute Gasteiger partial charge is 0.306 e. The minimum atomic E-state index is -0.866. The Morgan fingerprint density at radius 3 is 2.47 bits per heavy atom. The number of ether oxygens (including phenoxy) is 1. The molecule has 0 aromatic heterocycles. The van der Waals surface area contributed by atoms with Gasteiger partial charge in [-0.05, 0) is 59.4 Å². The maximum atomic E-state index is 13.0. The molecule has 30 heavy (non-hydrogen) atoms. The van der Waals surface area contributed by atoms with Gasteiger partial charge >= 0.3 is 5.97 Å². The molecule has 0 unspecified atom stereocenters. The van der Waals surface area contributed by atoms with E-state index in [1.165, 1.54) is 5.56 Å². The molecule has 0 radical (unpaired) electrons. The first kappa shape index (κ1) is 20.0. The number of carboxylic acids is 1. The molecule has 5 heteroatoms.